The van der Waals surface area contributed by atoms with Crippen LogP contribution in [0.5, 0.6) is 0 Å². The van der Waals surface area contributed by atoms with Crippen molar-refractivity contribution >= 4 is 11.7 Å². The van der Waals surface area contributed by atoms with E-state index in [0.29, 0.717) is 12.1 Å². The molecular formula is C18H21N3O. The van der Waals surface area contributed by atoms with Gasteiger partial charge in [0.1, 0.15) is 5.82 Å². The van der Waals surface area contributed by atoms with Gasteiger partial charge in [-0.15, -0.1) is 6.58 Å². The molecule has 1 aromatic heterocycles. The summed E-state index contributed by atoms with van der Waals surface area (Å²) in [6.07, 6.45) is 5.33. The van der Waals surface area contributed by atoms with Crippen molar-refractivity contribution in [1.29, 1.82) is 0 Å². The van der Waals surface area contributed by atoms with E-state index in [1.54, 1.807) is 24.4 Å². The second-order valence-corrected chi connectivity index (χ2v) is 4.94. The lowest BCUT2D eigenvalue weighted by atomic mass is 10.1. The second kappa shape index (κ2) is 8.62. The average molecular weight is 295 g/mol. The van der Waals surface area contributed by atoms with Crippen molar-refractivity contribution in [2.24, 2.45) is 0 Å². The first-order valence-corrected chi connectivity index (χ1v) is 7.42. The molecule has 0 spiro atoms. The molecular weight excluding hydrogens is 274 g/mol. The number of carbonyl (C=O) groups excluding carboxylic acids is 1. The molecule has 0 radical (unpaired) electrons. The number of benzene rings is 1. The first-order valence-electron chi connectivity index (χ1n) is 7.42. The highest BCUT2D eigenvalue weighted by Crippen LogP contribution is 2.08. The van der Waals surface area contributed by atoms with Gasteiger partial charge in [0, 0.05) is 24.8 Å². The minimum absolute atomic E-state index is 0.116. The summed E-state index contributed by atoms with van der Waals surface area (Å²) in [6.45, 7) is 4.86. The van der Waals surface area contributed by atoms with Crippen LogP contribution < -0.4 is 10.6 Å². The first kappa shape index (κ1) is 15.8. The van der Waals surface area contributed by atoms with Crippen molar-refractivity contribution in [2.75, 3.05) is 18.4 Å². The Hall–Kier alpha value is -2.62. The van der Waals surface area contributed by atoms with Crippen LogP contribution in [0.15, 0.2) is 61.3 Å². The minimum atomic E-state index is -0.116. The lowest BCUT2D eigenvalue weighted by Gasteiger charge is -2.07. The van der Waals surface area contributed by atoms with Gasteiger partial charge in [-0.1, -0.05) is 36.4 Å². The molecule has 0 bridgehead atoms. The van der Waals surface area contributed by atoms with E-state index >= 15 is 0 Å². The van der Waals surface area contributed by atoms with Gasteiger partial charge in [0.15, 0.2) is 0 Å². The lowest BCUT2D eigenvalue weighted by molar-refractivity contribution is 0.0958. The topological polar surface area (TPSA) is 54.0 Å². The number of pyridine rings is 1. The normalized spacial score (nSPS) is 10.0. The van der Waals surface area contributed by atoms with Gasteiger partial charge in [-0.3, -0.25) is 4.79 Å². The van der Waals surface area contributed by atoms with Crippen LogP contribution in [-0.4, -0.2) is 24.0 Å². The summed E-state index contributed by atoms with van der Waals surface area (Å²) in [6, 6.07) is 13.8. The third-order valence-electron chi connectivity index (χ3n) is 3.22. The number of carbonyl (C=O) groups is 1. The molecule has 0 saturated carbocycles. The zero-order valence-electron chi connectivity index (χ0n) is 12.6. The molecule has 2 aromatic rings. The first-order chi connectivity index (χ1) is 10.8. The Kier molecular flexibility index (Phi) is 6.18. The summed E-state index contributed by atoms with van der Waals surface area (Å²) in [5, 5.41) is 6.01. The van der Waals surface area contributed by atoms with Crippen molar-refractivity contribution < 1.29 is 4.79 Å². The molecule has 2 rings (SSSR count). The van der Waals surface area contributed by atoms with Crippen LogP contribution in [0.3, 0.4) is 0 Å². The predicted octanol–water partition coefficient (Wildman–Crippen LogP) is 3.04. The molecule has 0 aliphatic carbocycles. The molecule has 0 fully saturated rings. The monoisotopic (exact) mass is 295 g/mol. The van der Waals surface area contributed by atoms with Crippen LogP contribution >= 0.6 is 0 Å². The molecule has 22 heavy (non-hydrogen) atoms. The van der Waals surface area contributed by atoms with E-state index in [9.17, 15) is 4.79 Å². The van der Waals surface area contributed by atoms with Gasteiger partial charge in [0.25, 0.3) is 5.91 Å². The average Bonchev–Trinajstić information content (AvgIpc) is 2.58. The van der Waals surface area contributed by atoms with Crippen molar-refractivity contribution in [3.63, 3.8) is 0 Å². The maximum Gasteiger partial charge on any atom is 0.251 e. The lowest BCUT2D eigenvalue weighted by Crippen LogP contribution is -2.23. The van der Waals surface area contributed by atoms with Crippen LogP contribution in [-0.2, 0) is 6.42 Å². The summed E-state index contributed by atoms with van der Waals surface area (Å²) in [5.41, 5.74) is 1.93. The van der Waals surface area contributed by atoms with Crippen molar-refractivity contribution in [3.05, 3.63) is 72.4 Å². The van der Waals surface area contributed by atoms with Crippen molar-refractivity contribution in [1.82, 2.24) is 10.3 Å². The fourth-order valence-corrected chi connectivity index (χ4v) is 2.09. The highest BCUT2D eigenvalue weighted by atomic mass is 16.1. The third kappa shape index (κ3) is 5.05. The van der Waals surface area contributed by atoms with E-state index in [1.165, 1.54) is 5.56 Å². The van der Waals surface area contributed by atoms with Crippen LogP contribution in [0.1, 0.15) is 22.3 Å². The fraction of sp³-hybridized carbons (Fsp3) is 0.222. The molecule has 114 valence electrons. The van der Waals surface area contributed by atoms with Gasteiger partial charge in [-0.25, -0.2) is 4.98 Å². The smallest absolute Gasteiger partial charge is 0.251 e. The van der Waals surface area contributed by atoms with Crippen LogP contribution in [0, 0.1) is 0 Å². The standard InChI is InChI=1S/C18H21N3O/c1-2-11-21-18(22)16-10-13-20-17(14-16)19-12-6-9-15-7-4-3-5-8-15/h2-5,7-8,10,13-14H,1,6,9,11-12H2,(H,19,20)(H,21,22). The summed E-state index contributed by atoms with van der Waals surface area (Å²) in [7, 11) is 0. The molecule has 1 aromatic carbocycles. The van der Waals surface area contributed by atoms with E-state index in [1.807, 2.05) is 6.07 Å². The number of amides is 1. The van der Waals surface area contributed by atoms with E-state index in [0.717, 1.165) is 25.2 Å². The maximum atomic E-state index is 11.9. The number of nitrogens with one attached hydrogen (secondary N) is 2. The molecule has 2 N–H and O–H groups in total. The van der Waals surface area contributed by atoms with Gasteiger partial charge < -0.3 is 10.6 Å². The number of rotatable bonds is 8. The van der Waals surface area contributed by atoms with E-state index in [-0.39, 0.29) is 5.91 Å². The number of aryl methyl sites for hydroxylation is 1. The van der Waals surface area contributed by atoms with Gasteiger partial charge in [0.2, 0.25) is 0 Å². The highest BCUT2D eigenvalue weighted by molar-refractivity contribution is 5.94. The summed E-state index contributed by atoms with van der Waals surface area (Å²) in [4.78, 5) is 16.1. The highest BCUT2D eigenvalue weighted by Gasteiger charge is 2.05. The molecule has 0 saturated heterocycles. The Balaban J connectivity index is 1.80. The maximum absolute atomic E-state index is 11.9. The Morgan fingerprint density at radius 3 is 2.82 bits per heavy atom. The SMILES string of the molecule is C=CCNC(=O)c1ccnc(NCCCc2ccccc2)c1. The van der Waals surface area contributed by atoms with Gasteiger partial charge in [-0.2, -0.15) is 0 Å². The third-order valence-corrected chi connectivity index (χ3v) is 3.22. The molecule has 4 nitrogen and oxygen atoms in total. The predicted molar refractivity (Wildman–Crippen MR) is 90.0 cm³/mol. The number of hydrogen-bond donors (Lipinski definition) is 2. The van der Waals surface area contributed by atoms with Gasteiger partial charge in [-0.05, 0) is 30.5 Å². The number of hydrogen-bond acceptors (Lipinski definition) is 3. The van der Waals surface area contributed by atoms with Crippen LogP contribution in [0.2, 0.25) is 0 Å². The fourth-order valence-electron chi connectivity index (χ4n) is 2.09. The Labute approximate surface area is 131 Å². The molecule has 1 amide bonds. The number of aromatic nitrogens is 1. The molecule has 1 heterocycles. The Bertz CT molecular complexity index is 611. The molecule has 4 heteroatoms. The van der Waals surface area contributed by atoms with E-state index in [2.05, 4.69) is 46.5 Å². The second-order valence-electron chi connectivity index (χ2n) is 4.94. The van der Waals surface area contributed by atoms with Gasteiger partial charge >= 0.3 is 0 Å². The molecule has 0 aliphatic rings. The summed E-state index contributed by atoms with van der Waals surface area (Å²) < 4.78 is 0. The Morgan fingerprint density at radius 1 is 1.23 bits per heavy atom. The molecule has 0 aliphatic heterocycles. The minimum Gasteiger partial charge on any atom is -0.370 e. The summed E-state index contributed by atoms with van der Waals surface area (Å²) in [5.74, 6) is 0.606. The van der Waals surface area contributed by atoms with Crippen molar-refractivity contribution in [3.8, 4) is 0 Å². The number of nitrogens with zero attached hydrogens (tertiary/aromatic N) is 1. The van der Waals surface area contributed by atoms with Crippen LogP contribution in [0.25, 0.3) is 0 Å². The quantitative estimate of drug-likeness (QED) is 0.581. The van der Waals surface area contributed by atoms with Crippen LogP contribution in [0.4, 0.5) is 5.82 Å². The summed E-state index contributed by atoms with van der Waals surface area (Å²) >= 11 is 0. The Morgan fingerprint density at radius 2 is 2.05 bits per heavy atom. The zero-order valence-corrected chi connectivity index (χ0v) is 12.6. The van der Waals surface area contributed by atoms with E-state index in [4.69, 9.17) is 0 Å². The molecule has 0 atom stereocenters. The number of anilines is 1. The zero-order chi connectivity index (χ0) is 15.6. The van der Waals surface area contributed by atoms with Crippen molar-refractivity contribution in [2.45, 2.75) is 12.8 Å². The molecule has 0 unspecified atom stereocenters. The largest absolute Gasteiger partial charge is 0.370 e. The van der Waals surface area contributed by atoms with Gasteiger partial charge in [0.05, 0.1) is 0 Å². The van der Waals surface area contributed by atoms with E-state index < -0.39 is 0 Å².